The van der Waals surface area contributed by atoms with Crippen molar-refractivity contribution in [2.24, 2.45) is 5.41 Å². The highest BCUT2D eigenvalue weighted by Crippen LogP contribution is 2.23. The Morgan fingerprint density at radius 1 is 1.38 bits per heavy atom. The minimum Gasteiger partial charge on any atom is -0.465 e. The van der Waals surface area contributed by atoms with E-state index in [4.69, 9.17) is 4.74 Å². The number of hydrogen-bond donors (Lipinski definition) is 1. The van der Waals surface area contributed by atoms with E-state index in [0.29, 0.717) is 13.0 Å². The van der Waals surface area contributed by atoms with Crippen LogP contribution in [-0.2, 0) is 16.0 Å². The number of carbonyl (C=O) groups is 1. The summed E-state index contributed by atoms with van der Waals surface area (Å²) in [5, 5.41) is 9.34. The van der Waals surface area contributed by atoms with E-state index in [1.165, 1.54) is 0 Å². The third-order valence-corrected chi connectivity index (χ3v) is 2.55. The first kappa shape index (κ1) is 12.7. The Bertz CT molecular complexity index is 334. The summed E-state index contributed by atoms with van der Waals surface area (Å²) in [5.74, 6) is -0.346. The van der Waals surface area contributed by atoms with Crippen molar-refractivity contribution in [3.8, 4) is 0 Å². The van der Waals surface area contributed by atoms with Gasteiger partial charge in [0.25, 0.3) is 0 Å². The molecular formula is C13H18O3. The van der Waals surface area contributed by atoms with E-state index in [1.807, 2.05) is 30.3 Å². The molecule has 0 heterocycles. The van der Waals surface area contributed by atoms with Crippen molar-refractivity contribution in [2.75, 3.05) is 13.2 Å². The van der Waals surface area contributed by atoms with Gasteiger partial charge in [-0.3, -0.25) is 4.79 Å². The number of carbonyl (C=O) groups excluding carboxylic acids is 1. The first-order valence-corrected chi connectivity index (χ1v) is 5.44. The van der Waals surface area contributed by atoms with E-state index in [2.05, 4.69) is 0 Å². The van der Waals surface area contributed by atoms with Crippen molar-refractivity contribution in [1.29, 1.82) is 0 Å². The highest BCUT2D eigenvalue weighted by Gasteiger charge is 2.34. The summed E-state index contributed by atoms with van der Waals surface area (Å²) in [7, 11) is 0. The summed E-state index contributed by atoms with van der Waals surface area (Å²) in [6.45, 7) is 3.61. The molecule has 0 radical (unpaired) electrons. The maximum atomic E-state index is 11.7. The molecule has 3 nitrogen and oxygen atoms in total. The lowest BCUT2D eigenvalue weighted by Crippen LogP contribution is -2.35. The number of aliphatic hydroxyl groups excluding tert-OH is 1. The molecule has 0 fully saturated rings. The zero-order valence-corrected chi connectivity index (χ0v) is 9.77. The summed E-state index contributed by atoms with van der Waals surface area (Å²) in [6.07, 6.45) is 0.489. The van der Waals surface area contributed by atoms with Gasteiger partial charge >= 0.3 is 5.97 Å². The second-order valence-electron chi connectivity index (χ2n) is 4.10. The van der Waals surface area contributed by atoms with Crippen LogP contribution < -0.4 is 0 Å². The van der Waals surface area contributed by atoms with Gasteiger partial charge in [-0.1, -0.05) is 30.3 Å². The van der Waals surface area contributed by atoms with Crippen molar-refractivity contribution < 1.29 is 14.6 Å². The van der Waals surface area contributed by atoms with Crippen LogP contribution in [0.1, 0.15) is 19.4 Å². The van der Waals surface area contributed by atoms with Gasteiger partial charge in [0.1, 0.15) is 0 Å². The van der Waals surface area contributed by atoms with E-state index in [1.54, 1.807) is 13.8 Å². The lowest BCUT2D eigenvalue weighted by molar-refractivity contribution is -0.156. The van der Waals surface area contributed by atoms with E-state index < -0.39 is 5.41 Å². The predicted molar refractivity (Wildman–Crippen MR) is 62.0 cm³/mol. The molecule has 1 aromatic carbocycles. The normalized spacial score (nSPS) is 14.2. The fourth-order valence-electron chi connectivity index (χ4n) is 1.54. The minimum absolute atomic E-state index is 0.208. The van der Waals surface area contributed by atoms with Crippen molar-refractivity contribution in [3.63, 3.8) is 0 Å². The van der Waals surface area contributed by atoms with E-state index in [-0.39, 0.29) is 12.6 Å². The van der Waals surface area contributed by atoms with Crippen molar-refractivity contribution >= 4 is 5.97 Å². The standard InChI is InChI=1S/C13H18O3/c1-3-16-12(15)13(2,10-14)9-11-7-5-4-6-8-11/h4-8,14H,3,9-10H2,1-2H3/t13-/m0/s1. The van der Waals surface area contributed by atoms with Crippen molar-refractivity contribution in [2.45, 2.75) is 20.3 Å². The summed E-state index contributed by atoms with van der Waals surface area (Å²) in [4.78, 5) is 11.7. The first-order chi connectivity index (χ1) is 7.62. The Hall–Kier alpha value is -1.35. The third-order valence-electron chi connectivity index (χ3n) is 2.55. The fraction of sp³-hybridized carbons (Fsp3) is 0.462. The van der Waals surface area contributed by atoms with Gasteiger partial charge in [-0.05, 0) is 25.8 Å². The maximum absolute atomic E-state index is 11.7. The van der Waals surface area contributed by atoms with E-state index >= 15 is 0 Å². The van der Waals surface area contributed by atoms with Gasteiger partial charge in [-0.2, -0.15) is 0 Å². The van der Waals surface area contributed by atoms with E-state index in [9.17, 15) is 9.90 Å². The second-order valence-corrected chi connectivity index (χ2v) is 4.10. The van der Waals surface area contributed by atoms with Crippen molar-refractivity contribution in [1.82, 2.24) is 0 Å². The summed E-state index contributed by atoms with van der Waals surface area (Å²) in [6, 6.07) is 9.63. The molecule has 0 bridgehead atoms. The lowest BCUT2D eigenvalue weighted by atomic mass is 9.84. The Balaban J connectivity index is 2.78. The maximum Gasteiger partial charge on any atom is 0.314 e. The van der Waals surface area contributed by atoms with Gasteiger partial charge in [-0.15, -0.1) is 0 Å². The van der Waals surface area contributed by atoms with Gasteiger partial charge in [-0.25, -0.2) is 0 Å². The molecule has 1 rings (SSSR count). The molecule has 0 saturated carbocycles. The predicted octanol–water partition coefficient (Wildman–Crippen LogP) is 1.79. The molecule has 88 valence electrons. The molecule has 0 unspecified atom stereocenters. The summed E-state index contributed by atoms with van der Waals surface area (Å²) < 4.78 is 4.97. The van der Waals surface area contributed by atoms with Crippen LogP contribution in [0.15, 0.2) is 30.3 Å². The molecule has 1 N–H and O–H groups in total. The molecule has 0 amide bonds. The Labute approximate surface area is 96.1 Å². The molecule has 1 atom stereocenters. The quantitative estimate of drug-likeness (QED) is 0.773. The fourth-order valence-corrected chi connectivity index (χ4v) is 1.54. The summed E-state index contributed by atoms with van der Waals surface area (Å²) in [5.41, 5.74) is 0.171. The van der Waals surface area contributed by atoms with Crippen LogP contribution in [0.25, 0.3) is 0 Å². The molecule has 0 aliphatic heterocycles. The van der Waals surface area contributed by atoms with Gasteiger partial charge < -0.3 is 9.84 Å². The molecule has 0 aliphatic rings. The molecule has 16 heavy (non-hydrogen) atoms. The topological polar surface area (TPSA) is 46.5 Å². The Kier molecular flexibility index (Phi) is 4.50. The van der Waals surface area contributed by atoms with Crippen LogP contribution in [0.4, 0.5) is 0 Å². The number of hydrogen-bond acceptors (Lipinski definition) is 3. The third kappa shape index (κ3) is 3.07. The number of aliphatic hydroxyl groups is 1. The highest BCUT2D eigenvalue weighted by molar-refractivity contribution is 5.77. The van der Waals surface area contributed by atoms with Crippen LogP contribution in [0.5, 0.6) is 0 Å². The molecule has 3 heteroatoms. The molecule has 0 saturated heterocycles. The first-order valence-electron chi connectivity index (χ1n) is 5.44. The molecule has 0 spiro atoms. The van der Waals surface area contributed by atoms with Crippen LogP contribution in [-0.4, -0.2) is 24.3 Å². The zero-order chi connectivity index (χ0) is 12.0. The molecule has 0 aromatic heterocycles. The number of ether oxygens (including phenoxy) is 1. The van der Waals surface area contributed by atoms with Crippen molar-refractivity contribution in [3.05, 3.63) is 35.9 Å². The highest BCUT2D eigenvalue weighted by atomic mass is 16.5. The van der Waals surface area contributed by atoms with E-state index in [0.717, 1.165) is 5.56 Å². The lowest BCUT2D eigenvalue weighted by Gasteiger charge is -2.24. The van der Waals surface area contributed by atoms with Crippen LogP contribution in [0, 0.1) is 5.41 Å². The SMILES string of the molecule is CCOC(=O)[C@](C)(CO)Cc1ccccc1. The van der Waals surface area contributed by atoms with Crippen LogP contribution in [0.2, 0.25) is 0 Å². The monoisotopic (exact) mass is 222 g/mol. The zero-order valence-electron chi connectivity index (χ0n) is 9.77. The Morgan fingerprint density at radius 3 is 2.50 bits per heavy atom. The van der Waals surface area contributed by atoms with Gasteiger partial charge in [0, 0.05) is 0 Å². The average Bonchev–Trinajstić information content (AvgIpc) is 2.30. The van der Waals surface area contributed by atoms with Gasteiger partial charge in [0.15, 0.2) is 0 Å². The summed E-state index contributed by atoms with van der Waals surface area (Å²) >= 11 is 0. The molecule has 0 aliphatic carbocycles. The second kappa shape index (κ2) is 5.66. The Morgan fingerprint density at radius 2 is 2.00 bits per heavy atom. The van der Waals surface area contributed by atoms with Crippen LogP contribution in [0.3, 0.4) is 0 Å². The average molecular weight is 222 g/mol. The largest absolute Gasteiger partial charge is 0.465 e. The number of esters is 1. The van der Waals surface area contributed by atoms with Crippen LogP contribution >= 0.6 is 0 Å². The molecule has 1 aromatic rings. The van der Waals surface area contributed by atoms with Gasteiger partial charge in [0.05, 0.1) is 18.6 Å². The minimum atomic E-state index is -0.850. The number of rotatable bonds is 5. The number of benzene rings is 1. The van der Waals surface area contributed by atoms with Gasteiger partial charge in [0.2, 0.25) is 0 Å². The smallest absolute Gasteiger partial charge is 0.314 e. The molecular weight excluding hydrogens is 204 g/mol.